The molecule has 1 aliphatic rings. The minimum atomic E-state index is 0.136. The van der Waals surface area contributed by atoms with Gasteiger partial charge < -0.3 is 14.6 Å². The molecule has 0 unspecified atom stereocenters. The lowest BCUT2D eigenvalue weighted by atomic mass is 10.0. The van der Waals surface area contributed by atoms with Crippen molar-refractivity contribution in [2.75, 3.05) is 6.54 Å². The number of nitrogens with zero attached hydrogens (tertiary/aromatic N) is 4. The molecule has 1 N–H and O–H groups in total. The predicted molar refractivity (Wildman–Crippen MR) is 122 cm³/mol. The highest BCUT2D eigenvalue weighted by atomic mass is 16.5. The molecule has 0 fully saturated rings. The zero-order valence-electron chi connectivity index (χ0n) is 18.5. The first-order chi connectivity index (χ1) is 15.6. The van der Waals surface area contributed by atoms with Crippen LogP contribution in [0.3, 0.4) is 0 Å². The van der Waals surface area contributed by atoms with E-state index in [1.165, 1.54) is 5.69 Å². The highest BCUT2D eigenvalue weighted by molar-refractivity contribution is 5.89. The largest absolute Gasteiger partial charge is 0.471 e. The smallest absolute Gasteiger partial charge is 0.227 e. The molecule has 5 rings (SSSR count). The van der Waals surface area contributed by atoms with E-state index in [-0.39, 0.29) is 5.91 Å². The van der Waals surface area contributed by atoms with Crippen LogP contribution in [0.1, 0.15) is 35.0 Å². The first kappa shape index (κ1) is 20.3. The number of aryl methyl sites for hydroxylation is 2. The van der Waals surface area contributed by atoms with Crippen LogP contribution in [0.5, 0.6) is 5.88 Å². The number of amides is 1. The van der Waals surface area contributed by atoms with E-state index in [0.717, 1.165) is 46.3 Å². The molecule has 1 amide bonds. The van der Waals surface area contributed by atoms with E-state index in [1.54, 1.807) is 6.20 Å². The summed E-state index contributed by atoms with van der Waals surface area (Å²) in [5.74, 6) is 0.727. The van der Waals surface area contributed by atoms with Gasteiger partial charge >= 0.3 is 0 Å². The number of fused-ring (bicyclic) bond motifs is 2. The topological polar surface area (TPSA) is 76.0 Å². The summed E-state index contributed by atoms with van der Waals surface area (Å²) in [5.41, 5.74) is 6.40. The Labute approximate surface area is 187 Å². The van der Waals surface area contributed by atoms with Crippen LogP contribution < -0.4 is 4.74 Å². The summed E-state index contributed by atoms with van der Waals surface area (Å²) in [4.78, 5) is 22.7. The molecule has 1 aliphatic heterocycles. The molecule has 3 aromatic heterocycles. The van der Waals surface area contributed by atoms with Crippen molar-refractivity contribution in [1.82, 2.24) is 24.6 Å². The summed E-state index contributed by atoms with van der Waals surface area (Å²) >= 11 is 0. The van der Waals surface area contributed by atoms with E-state index in [1.807, 2.05) is 53.0 Å². The van der Waals surface area contributed by atoms with E-state index >= 15 is 0 Å². The Morgan fingerprint density at radius 3 is 2.97 bits per heavy atom. The monoisotopic (exact) mass is 429 g/mol. The number of carbonyl (C=O) groups excluding carboxylic acids is 1. The maximum Gasteiger partial charge on any atom is 0.227 e. The van der Waals surface area contributed by atoms with Crippen LogP contribution in [0.2, 0.25) is 0 Å². The number of H-pyrrole nitrogens is 1. The predicted octanol–water partition coefficient (Wildman–Crippen LogP) is 3.79. The third-order valence-corrected chi connectivity index (χ3v) is 6.13. The summed E-state index contributed by atoms with van der Waals surface area (Å²) < 4.78 is 7.97. The fraction of sp³-hybridized carbons (Fsp3) is 0.320. The summed E-state index contributed by atoms with van der Waals surface area (Å²) in [7, 11) is 0. The van der Waals surface area contributed by atoms with Crippen molar-refractivity contribution >= 4 is 16.8 Å². The summed E-state index contributed by atoms with van der Waals surface area (Å²) in [6, 6.07) is 12.0. The molecule has 0 aliphatic carbocycles. The van der Waals surface area contributed by atoms with Gasteiger partial charge in [-0.3, -0.25) is 9.48 Å². The maximum absolute atomic E-state index is 13.2. The number of aromatic nitrogens is 4. The molecule has 7 nitrogen and oxygen atoms in total. The Bertz CT molecular complexity index is 1270. The average Bonchev–Trinajstić information content (AvgIpc) is 3.38. The number of nitrogens with one attached hydrogen (secondary N) is 1. The average molecular weight is 430 g/mol. The van der Waals surface area contributed by atoms with Crippen molar-refractivity contribution in [1.29, 1.82) is 0 Å². The Kier molecular flexibility index (Phi) is 5.39. The first-order valence-electron chi connectivity index (χ1n) is 11.1. The lowest BCUT2D eigenvalue weighted by Gasteiger charge is -2.28. The number of carbonyl (C=O) groups is 1. The SMILES string of the molecule is CCn1nc(COc2cc(C)ccn2)c2c1CCN(C(=O)Cc1c[nH]c3ccccc13)C2. The Balaban J connectivity index is 1.33. The number of hydrogen-bond acceptors (Lipinski definition) is 4. The van der Waals surface area contributed by atoms with Crippen molar-refractivity contribution in [2.24, 2.45) is 0 Å². The molecule has 1 aromatic carbocycles. The van der Waals surface area contributed by atoms with Gasteiger partial charge in [0, 0.05) is 66.7 Å². The summed E-state index contributed by atoms with van der Waals surface area (Å²) in [6.45, 7) is 6.52. The molecule has 4 aromatic rings. The molecule has 7 heteroatoms. The molecular weight excluding hydrogens is 402 g/mol. The van der Waals surface area contributed by atoms with Gasteiger partial charge in [-0.15, -0.1) is 0 Å². The molecule has 0 spiro atoms. The molecule has 32 heavy (non-hydrogen) atoms. The van der Waals surface area contributed by atoms with Crippen molar-refractivity contribution in [3.05, 3.63) is 76.9 Å². The van der Waals surface area contributed by atoms with Crippen molar-refractivity contribution in [3.8, 4) is 5.88 Å². The fourth-order valence-electron chi connectivity index (χ4n) is 4.43. The summed E-state index contributed by atoms with van der Waals surface area (Å²) in [6.07, 6.45) is 4.88. The van der Waals surface area contributed by atoms with Crippen LogP contribution in [0.15, 0.2) is 48.8 Å². The van der Waals surface area contributed by atoms with Crippen molar-refractivity contribution in [2.45, 2.75) is 46.4 Å². The molecule has 0 saturated carbocycles. The van der Waals surface area contributed by atoms with Crippen LogP contribution in [-0.2, 0) is 37.3 Å². The van der Waals surface area contributed by atoms with Gasteiger partial charge in [-0.25, -0.2) is 4.98 Å². The van der Waals surface area contributed by atoms with Gasteiger partial charge in [-0.05, 0) is 37.1 Å². The number of pyridine rings is 1. The number of benzene rings is 1. The van der Waals surface area contributed by atoms with E-state index in [2.05, 4.69) is 23.0 Å². The van der Waals surface area contributed by atoms with Crippen LogP contribution in [0, 0.1) is 6.92 Å². The number of hydrogen-bond donors (Lipinski definition) is 1. The van der Waals surface area contributed by atoms with E-state index in [0.29, 0.717) is 32.0 Å². The maximum atomic E-state index is 13.2. The molecule has 0 radical (unpaired) electrons. The van der Waals surface area contributed by atoms with Gasteiger partial charge in [0.25, 0.3) is 0 Å². The second-order valence-corrected chi connectivity index (χ2v) is 8.25. The van der Waals surface area contributed by atoms with Gasteiger partial charge in [0.1, 0.15) is 12.3 Å². The Morgan fingerprint density at radius 1 is 1.25 bits per heavy atom. The zero-order valence-corrected chi connectivity index (χ0v) is 18.5. The van der Waals surface area contributed by atoms with E-state index < -0.39 is 0 Å². The van der Waals surface area contributed by atoms with Gasteiger partial charge in [0.05, 0.1) is 6.42 Å². The fourth-order valence-corrected chi connectivity index (χ4v) is 4.43. The van der Waals surface area contributed by atoms with Crippen LogP contribution in [0.4, 0.5) is 0 Å². The summed E-state index contributed by atoms with van der Waals surface area (Å²) in [5, 5.41) is 5.89. The number of aromatic amines is 1. The van der Waals surface area contributed by atoms with Crippen LogP contribution in [0.25, 0.3) is 10.9 Å². The normalized spacial score (nSPS) is 13.4. The molecule has 164 valence electrons. The third-order valence-electron chi connectivity index (χ3n) is 6.13. The van der Waals surface area contributed by atoms with E-state index in [4.69, 9.17) is 9.84 Å². The molecule has 0 saturated heterocycles. The van der Waals surface area contributed by atoms with Crippen molar-refractivity contribution < 1.29 is 9.53 Å². The Hall–Kier alpha value is -3.61. The number of ether oxygens (including phenoxy) is 1. The second kappa shape index (κ2) is 8.49. The third kappa shape index (κ3) is 3.86. The van der Waals surface area contributed by atoms with Crippen LogP contribution >= 0.6 is 0 Å². The van der Waals surface area contributed by atoms with Crippen molar-refractivity contribution in [3.63, 3.8) is 0 Å². The molecule has 4 heterocycles. The Morgan fingerprint density at radius 2 is 2.12 bits per heavy atom. The van der Waals surface area contributed by atoms with Gasteiger partial charge in [-0.2, -0.15) is 5.10 Å². The van der Waals surface area contributed by atoms with Crippen LogP contribution in [-0.4, -0.2) is 37.1 Å². The molecule has 0 bridgehead atoms. The minimum absolute atomic E-state index is 0.136. The minimum Gasteiger partial charge on any atom is -0.471 e. The second-order valence-electron chi connectivity index (χ2n) is 8.25. The highest BCUT2D eigenvalue weighted by Gasteiger charge is 2.27. The van der Waals surface area contributed by atoms with Gasteiger partial charge in [-0.1, -0.05) is 18.2 Å². The zero-order chi connectivity index (χ0) is 22.1. The molecular formula is C25H27N5O2. The quantitative estimate of drug-likeness (QED) is 0.506. The number of rotatable bonds is 6. The first-order valence-corrected chi connectivity index (χ1v) is 11.1. The lowest BCUT2D eigenvalue weighted by Crippen LogP contribution is -2.37. The lowest BCUT2D eigenvalue weighted by molar-refractivity contribution is -0.131. The standard InChI is InChI=1S/C25H27N5O2/c1-3-30-23-9-11-29(25(31)13-18-14-27-21-7-5-4-6-19(18)21)15-20(23)22(28-30)16-32-24-12-17(2)8-10-26-24/h4-8,10,12,14,27H,3,9,11,13,15-16H2,1-2H3. The van der Waals surface area contributed by atoms with E-state index in [9.17, 15) is 4.79 Å². The van der Waals surface area contributed by atoms with Gasteiger partial charge in [0.15, 0.2) is 0 Å². The molecule has 0 atom stereocenters. The number of para-hydroxylation sites is 1. The highest BCUT2D eigenvalue weighted by Crippen LogP contribution is 2.26. The van der Waals surface area contributed by atoms with Gasteiger partial charge in [0.2, 0.25) is 11.8 Å².